The zero-order chi connectivity index (χ0) is 24.8. The summed E-state index contributed by atoms with van der Waals surface area (Å²) in [6, 6.07) is 16.9. The Morgan fingerprint density at radius 2 is 1.66 bits per heavy atom. The number of aromatic nitrogens is 1. The van der Waals surface area contributed by atoms with E-state index in [2.05, 4.69) is 4.98 Å². The van der Waals surface area contributed by atoms with Crippen LogP contribution in [0, 0.1) is 0 Å². The maximum atomic E-state index is 13.2. The fourth-order valence-electron chi connectivity index (χ4n) is 4.08. The molecule has 0 radical (unpaired) electrons. The molecule has 1 amide bonds. The molecular formula is C28H28N2O5. The molecule has 2 aromatic carbocycles. The molecule has 1 aliphatic rings. The van der Waals surface area contributed by atoms with Crippen LogP contribution in [0.1, 0.15) is 43.0 Å². The predicted octanol–water partition coefficient (Wildman–Crippen LogP) is 4.89. The summed E-state index contributed by atoms with van der Waals surface area (Å²) >= 11 is 0. The number of Topliss-reactive ketones (excluding diaryl/α,β-unsaturated/α-hetero) is 1. The molecular weight excluding hydrogens is 444 g/mol. The van der Waals surface area contributed by atoms with Crippen LogP contribution in [0.5, 0.6) is 11.5 Å². The number of likely N-dealkylation sites (tertiary alicyclic amines) is 1. The van der Waals surface area contributed by atoms with Crippen LogP contribution < -0.4 is 9.47 Å². The number of carbonyl (C=O) groups is 2. The van der Waals surface area contributed by atoms with Crippen molar-refractivity contribution in [1.82, 2.24) is 9.88 Å². The second-order valence-corrected chi connectivity index (χ2v) is 8.16. The molecule has 0 spiro atoms. The maximum Gasteiger partial charge on any atom is 0.295 e. The van der Waals surface area contributed by atoms with Crippen molar-refractivity contribution in [3.8, 4) is 11.5 Å². The predicted molar refractivity (Wildman–Crippen MR) is 132 cm³/mol. The number of pyridine rings is 1. The van der Waals surface area contributed by atoms with Crippen molar-refractivity contribution >= 4 is 17.4 Å². The molecule has 180 valence electrons. The third-order valence-corrected chi connectivity index (χ3v) is 5.72. The van der Waals surface area contributed by atoms with Crippen LogP contribution in [0.4, 0.5) is 0 Å². The molecule has 4 rings (SSSR count). The number of nitrogens with zero attached hydrogens (tertiary/aromatic N) is 2. The highest BCUT2D eigenvalue weighted by molar-refractivity contribution is 6.46. The Kier molecular flexibility index (Phi) is 7.45. The molecule has 7 heteroatoms. The van der Waals surface area contributed by atoms with Crippen LogP contribution in [-0.4, -0.2) is 39.9 Å². The van der Waals surface area contributed by atoms with Gasteiger partial charge in [-0.25, -0.2) is 0 Å². The highest BCUT2D eigenvalue weighted by Crippen LogP contribution is 2.40. The summed E-state index contributed by atoms with van der Waals surface area (Å²) in [7, 11) is 0. The number of hydrogen-bond acceptors (Lipinski definition) is 6. The Hall–Kier alpha value is -4.13. The van der Waals surface area contributed by atoms with Gasteiger partial charge in [0.05, 0.1) is 24.8 Å². The molecule has 1 aliphatic heterocycles. The van der Waals surface area contributed by atoms with Crippen LogP contribution in [0.25, 0.3) is 5.76 Å². The van der Waals surface area contributed by atoms with Crippen LogP contribution in [0.2, 0.25) is 0 Å². The highest BCUT2D eigenvalue weighted by atomic mass is 16.5. The number of ketones is 1. The van der Waals surface area contributed by atoms with E-state index in [0.29, 0.717) is 35.8 Å². The van der Waals surface area contributed by atoms with E-state index in [9.17, 15) is 14.7 Å². The third-order valence-electron chi connectivity index (χ3n) is 5.72. The van der Waals surface area contributed by atoms with Gasteiger partial charge in [-0.3, -0.25) is 14.6 Å². The Morgan fingerprint density at radius 1 is 0.971 bits per heavy atom. The second kappa shape index (κ2) is 10.9. The molecule has 1 N–H and O–H groups in total. The molecule has 0 saturated carbocycles. The average molecular weight is 473 g/mol. The van der Waals surface area contributed by atoms with Gasteiger partial charge >= 0.3 is 0 Å². The van der Waals surface area contributed by atoms with Crippen molar-refractivity contribution in [3.05, 3.63) is 95.3 Å². The highest BCUT2D eigenvalue weighted by Gasteiger charge is 2.46. The zero-order valence-electron chi connectivity index (χ0n) is 19.8. The normalized spacial score (nSPS) is 17.0. The number of hydrogen-bond donors (Lipinski definition) is 1. The fourth-order valence-corrected chi connectivity index (χ4v) is 4.08. The fraction of sp³-hybridized carbons (Fsp3) is 0.250. The largest absolute Gasteiger partial charge is 0.507 e. The Bertz CT molecular complexity index is 1200. The molecule has 0 unspecified atom stereocenters. The van der Waals surface area contributed by atoms with E-state index >= 15 is 0 Å². The van der Waals surface area contributed by atoms with Crippen molar-refractivity contribution in [2.75, 3.05) is 13.2 Å². The van der Waals surface area contributed by atoms with Gasteiger partial charge in [0, 0.05) is 24.5 Å². The molecule has 1 saturated heterocycles. The standard InChI is InChI=1S/C28H28N2O5/c1-3-16-35-23-11-7-20(8-12-23)25-24(26(31)21-9-13-22(14-10-21)34-4-2)27(32)28(33)30(25)18-19-6-5-15-29-17-19/h5-15,17,25,31H,3-4,16,18H2,1-2H3/b26-24+/t25-/m0/s1. The van der Waals surface area contributed by atoms with Gasteiger partial charge < -0.3 is 19.5 Å². The van der Waals surface area contributed by atoms with Gasteiger partial charge in [0.15, 0.2) is 0 Å². The minimum Gasteiger partial charge on any atom is -0.507 e. The summed E-state index contributed by atoms with van der Waals surface area (Å²) in [6.07, 6.45) is 4.19. The number of rotatable bonds is 9. The van der Waals surface area contributed by atoms with Crippen molar-refractivity contribution in [1.29, 1.82) is 0 Å². The van der Waals surface area contributed by atoms with Gasteiger partial charge in [0.25, 0.3) is 11.7 Å². The monoisotopic (exact) mass is 472 g/mol. The number of carbonyl (C=O) groups excluding carboxylic acids is 2. The molecule has 0 aliphatic carbocycles. The summed E-state index contributed by atoms with van der Waals surface area (Å²) in [5.41, 5.74) is 1.96. The van der Waals surface area contributed by atoms with E-state index in [4.69, 9.17) is 9.47 Å². The second-order valence-electron chi connectivity index (χ2n) is 8.16. The van der Waals surface area contributed by atoms with Gasteiger partial charge in [-0.1, -0.05) is 25.1 Å². The van der Waals surface area contributed by atoms with Crippen LogP contribution in [-0.2, 0) is 16.1 Å². The van der Waals surface area contributed by atoms with Gasteiger partial charge in [0.2, 0.25) is 0 Å². The maximum absolute atomic E-state index is 13.2. The van der Waals surface area contributed by atoms with Crippen LogP contribution >= 0.6 is 0 Å². The van der Waals surface area contributed by atoms with E-state index in [-0.39, 0.29) is 17.9 Å². The SMILES string of the molecule is CCCOc1ccc([C@H]2/C(=C(\O)c3ccc(OCC)cc3)C(=O)C(=O)N2Cc2cccnc2)cc1. The number of aliphatic hydroxyl groups excluding tert-OH is 1. The molecule has 7 nitrogen and oxygen atoms in total. The van der Waals surface area contributed by atoms with Gasteiger partial charge in [-0.05, 0) is 66.9 Å². The summed E-state index contributed by atoms with van der Waals surface area (Å²) < 4.78 is 11.2. The number of benzene rings is 2. The molecule has 1 atom stereocenters. The zero-order valence-corrected chi connectivity index (χ0v) is 19.8. The molecule has 0 bridgehead atoms. The third kappa shape index (κ3) is 5.19. The molecule has 1 aromatic heterocycles. The summed E-state index contributed by atoms with van der Waals surface area (Å²) in [6.45, 7) is 5.20. The Balaban J connectivity index is 1.77. The van der Waals surface area contributed by atoms with E-state index < -0.39 is 17.7 Å². The summed E-state index contributed by atoms with van der Waals surface area (Å²) in [5, 5.41) is 11.2. The van der Waals surface area contributed by atoms with Crippen molar-refractivity contribution in [2.45, 2.75) is 32.9 Å². The summed E-state index contributed by atoms with van der Waals surface area (Å²) in [4.78, 5) is 32.0. The summed E-state index contributed by atoms with van der Waals surface area (Å²) in [5.74, 6) is -0.266. The van der Waals surface area contributed by atoms with E-state index in [1.54, 1.807) is 42.7 Å². The van der Waals surface area contributed by atoms with Gasteiger partial charge in [-0.2, -0.15) is 0 Å². The lowest BCUT2D eigenvalue weighted by Gasteiger charge is -2.25. The minimum atomic E-state index is -0.762. The van der Waals surface area contributed by atoms with Crippen LogP contribution in [0.15, 0.2) is 78.6 Å². The van der Waals surface area contributed by atoms with Crippen molar-refractivity contribution < 1.29 is 24.2 Å². The smallest absolute Gasteiger partial charge is 0.295 e. The molecule has 3 aromatic rings. The van der Waals surface area contributed by atoms with Crippen molar-refractivity contribution in [3.63, 3.8) is 0 Å². The van der Waals surface area contributed by atoms with Crippen molar-refractivity contribution in [2.24, 2.45) is 0 Å². The first-order valence-electron chi connectivity index (χ1n) is 11.7. The van der Waals surface area contributed by atoms with E-state index in [1.807, 2.05) is 44.2 Å². The Labute approximate surface area is 204 Å². The molecule has 35 heavy (non-hydrogen) atoms. The van der Waals surface area contributed by atoms with Gasteiger partial charge in [0.1, 0.15) is 17.3 Å². The first kappa shape index (κ1) is 24.0. The van der Waals surface area contributed by atoms with E-state index in [1.165, 1.54) is 4.90 Å². The number of amides is 1. The first-order valence-corrected chi connectivity index (χ1v) is 11.7. The van der Waals surface area contributed by atoms with Gasteiger partial charge in [-0.15, -0.1) is 0 Å². The Morgan fingerprint density at radius 3 is 2.29 bits per heavy atom. The van der Waals surface area contributed by atoms with E-state index in [0.717, 1.165) is 12.0 Å². The molecule has 1 fully saturated rings. The molecule has 2 heterocycles. The lowest BCUT2D eigenvalue weighted by Crippen LogP contribution is -2.29. The van der Waals surface area contributed by atoms with Crippen LogP contribution in [0.3, 0.4) is 0 Å². The average Bonchev–Trinajstić information content (AvgIpc) is 3.13. The quantitative estimate of drug-likeness (QED) is 0.271. The minimum absolute atomic E-state index is 0.0466. The number of ether oxygens (including phenoxy) is 2. The lowest BCUT2D eigenvalue weighted by molar-refractivity contribution is -0.140. The number of aliphatic hydroxyl groups is 1. The lowest BCUT2D eigenvalue weighted by atomic mass is 9.95. The first-order chi connectivity index (χ1) is 17.0. The topological polar surface area (TPSA) is 89.0 Å².